The fourth-order valence-corrected chi connectivity index (χ4v) is 4.34. The van der Waals surface area contributed by atoms with Gasteiger partial charge in [-0.1, -0.05) is 30.3 Å². The number of rotatable bonds is 4. The summed E-state index contributed by atoms with van der Waals surface area (Å²) in [4.78, 5) is 6.86. The molecule has 2 fully saturated rings. The molecular weight excluding hydrogens is 284 g/mol. The highest BCUT2D eigenvalue weighted by Gasteiger charge is 2.40. The van der Waals surface area contributed by atoms with Crippen molar-refractivity contribution in [2.45, 2.75) is 44.3 Å². The van der Waals surface area contributed by atoms with Crippen LogP contribution in [0.3, 0.4) is 0 Å². The Bertz CT molecular complexity index is 626. The number of aliphatic hydroxyl groups excluding tert-OH is 1. The van der Waals surface area contributed by atoms with Crippen LogP contribution in [-0.2, 0) is 6.54 Å². The molecule has 1 unspecified atom stereocenters. The quantitative estimate of drug-likeness (QED) is 0.939. The Balaban J connectivity index is 1.46. The summed E-state index contributed by atoms with van der Waals surface area (Å²) in [7, 11) is 0. The molecule has 1 aromatic carbocycles. The van der Waals surface area contributed by atoms with E-state index in [0.29, 0.717) is 24.6 Å². The third-order valence-electron chi connectivity index (χ3n) is 5.55. The van der Waals surface area contributed by atoms with Gasteiger partial charge >= 0.3 is 0 Å². The molecule has 120 valence electrons. The second-order valence-electron chi connectivity index (χ2n) is 7.02. The van der Waals surface area contributed by atoms with Crippen LogP contribution in [0.4, 0.5) is 0 Å². The standard InChI is InChI=1S/C20H24N2O/c23-14-16-10-19-7-8-20(11-16)22(19)13-15-3-5-17(6-4-15)18-2-1-9-21-12-18/h1-6,9,12,16,19-20,23H,7-8,10-11,13-14H2/t16?,19-,20+. The van der Waals surface area contributed by atoms with E-state index in [4.69, 9.17) is 0 Å². The van der Waals surface area contributed by atoms with Crippen molar-refractivity contribution in [2.24, 2.45) is 5.92 Å². The Labute approximate surface area is 138 Å². The molecule has 3 heterocycles. The van der Waals surface area contributed by atoms with Crippen molar-refractivity contribution in [1.82, 2.24) is 9.88 Å². The van der Waals surface area contributed by atoms with Gasteiger partial charge < -0.3 is 5.11 Å². The second kappa shape index (κ2) is 6.42. The molecule has 0 spiro atoms. The van der Waals surface area contributed by atoms with E-state index >= 15 is 0 Å². The molecule has 2 aliphatic rings. The number of fused-ring (bicyclic) bond motifs is 2. The van der Waals surface area contributed by atoms with Gasteiger partial charge in [0.25, 0.3) is 0 Å². The highest BCUT2D eigenvalue weighted by atomic mass is 16.3. The fourth-order valence-electron chi connectivity index (χ4n) is 4.34. The van der Waals surface area contributed by atoms with Gasteiger partial charge in [0.15, 0.2) is 0 Å². The number of benzene rings is 1. The van der Waals surface area contributed by atoms with E-state index in [0.717, 1.165) is 6.54 Å². The first-order valence-electron chi connectivity index (χ1n) is 8.69. The minimum absolute atomic E-state index is 0.362. The second-order valence-corrected chi connectivity index (χ2v) is 7.02. The van der Waals surface area contributed by atoms with Crippen molar-refractivity contribution in [2.75, 3.05) is 6.61 Å². The molecule has 2 aliphatic heterocycles. The van der Waals surface area contributed by atoms with Gasteiger partial charge in [-0.15, -0.1) is 0 Å². The van der Waals surface area contributed by atoms with Crippen molar-refractivity contribution in [3.8, 4) is 11.1 Å². The van der Waals surface area contributed by atoms with Gasteiger partial charge in [0.05, 0.1) is 0 Å². The molecule has 1 aromatic heterocycles. The summed E-state index contributed by atoms with van der Waals surface area (Å²) in [6.07, 6.45) is 8.66. The Hall–Kier alpha value is -1.71. The van der Waals surface area contributed by atoms with Crippen molar-refractivity contribution < 1.29 is 5.11 Å². The lowest BCUT2D eigenvalue weighted by Gasteiger charge is -2.38. The first-order valence-corrected chi connectivity index (χ1v) is 8.69. The average molecular weight is 308 g/mol. The molecule has 23 heavy (non-hydrogen) atoms. The molecule has 2 bridgehead atoms. The largest absolute Gasteiger partial charge is 0.396 e. The minimum Gasteiger partial charge on any atom is -0.396 e. The van der Waals surface area contributed by atoms with E-state index in [1.165, 1.54) is 42.4 Å². The normalized spacial score (nSPS) is 27.3. The molecule has 3 heteroatoms. The predicted octanol–water partition coefficient (Wildman–Crippen LogP) is 3.48. The zero-order valence-electron chi connectivity index (χ0n) is 13.4. The van der Waals surface area contributed by atoms with Crippen LogP contribution >= 0.6 is 0 Å². The molecule has 0 amide bonds. The van der Waals surface area contributed by atoms with Crippen LogP contribution < -0.4 is 0 Å². The van der Waals surface area contributed by atoms with E-state index < -0.39 is 0 Å². The first kappa shape index (κ1) is 14.9. The Morgan fingerprint density at radius 1 is 1.00 bits per heavy atom. The maximum absolute atomic E-state index is 9.45. The maximum Gasteiger partial charge on any atom is 0.0460 e. The van der Waals surface area contributed by atoms with Crippen LogP contribution in [0.1, 0.15) is 31.2 Å². The van der Waals surface area contributed by atoms with Crippen LogP contribution in [-0.4, -0.2) is 33.7 Å². The zero-order valence-corrected chi connectivity index (χ0v) is 13.4. The van der Waals surface area contributed by atoms with Crippen molar-refractivity contribution >= 4 is 0 Å². The highest BCUT2D eigenvalue weighted by molar-refractivity contribution is 5.62. The van der Waals surface area contributed by atoms with Gasteiger partial charge in [0.2, 0.25) is 0 Å². The predicted molar refractivity (Wildman–Crippen MR) is 91.8 cm³/mol. The summed E-state index contributed by atoms with van der Waals surface area (Å²) < 4.78 is 0. The number of hydrogen-bond donors (Lipinski definition) is 1. The Morgan fingerprint density at radius 2 is 1.74 bits per heavy atom. The van der Waals surface area contributed by atoms with Crippen LogP contribution in [0, 0.1) is 5.92 Å². The third-order valence-corrected chi connectivity index (χ3v) is 5.55. The van der Waals surface area contributed by atoms with Gasteiger partial charge in [-0.2, -0.15) is 0 Å². The summed E-state index contributed by atoms with van der Waals surface area (Å²) in [6.45, 7) is 1.40. The molecule has 3 atom stereocenters. The molecule has 2 saturated heterocycles. The van der Waals surface area contributed by atoms with E-state index in [1.54, 1.807) is 0 Å². The van der Waals surface area contributed by atoms with E-state index in [2.05, 4.69) is 40.2 Å². The van der Waals surface area contributed by atoms with E-state index in [9.17, 15) is 5.11 Å². The van der Waals surface area contributed by atoms with Crippen molar-refractivity contribution in [1.29, 1.82) is 0 Å². The van der Waals surface area contributed by atoms with Gasteiger partial charge in [-0.05, 0) is 54.4 Å². The lowest BCUT2D eigenvalue weighted by molar-refractivity contribution is 0.0683. The maximum atomic E-state index is 9.45. The topological polar surface area (TPSA) is 36.4 Å². The fraction of sp³-hybridized carbons (Fsp3) is 0.450. The summed E-state index contributed by atoms with van der Waals surface area (Å²) in [5.41, 5.74) is 3.78. The number of piperidine rings is 1. The average Bonchev–Trinajstić information content (AvgIpc) is 2.84. The summed E-state index contributed by atoms with van der Waals surface area (Å²) in [5.74, 6) is 0.525. The van der Waals surface area contributed by atoms with Gasteiger partial charge in [-0.25, -0.2) is 0 Å². The number of pyridine rings is 1. The number of nitrogens with zero attached hydrogens (tertiary/aromatic N) is 2. The SMILES string of the molecule is OCC1C[C@H]2CC[C@@H](C1)N2Cc1ccc(-c2cccnc2)cc1. The lowest BCUT2D eigenvalue weighted by Crippen LogP contribution is -2.43. The van der Waals surface area contributed by atoms with Gasteiger partial charge in [0, 0.05) is 37.6 Å². The molecule has 3 nitrogen and oxygen atoms in total. The lowest BCUT2D eigenvalue weighted by atomic mass is 9.91. The minimum atomic E-state index is 0.362. The summed E-state index contributed by atoms with van der Waals surface area (Å²) >= 11 is 0. The monoisotopic (exact) mass is 308 g/mol. The molecule has 4 rings (SSSR count). The third kappa shape index (κ3) is 3.04. The first-order chi connectivity index (χ1) is 11.3. The van der Waals surface area contributed by atoms with Crippen LogP contribution in [0.5, 0.6) is 0 Å². The summed E-state index contributed by atoms with van der Waals surface area (Å²) in [5, 5.41) is 9.45. The smallest absolute Gasteiger partial charge is 0.0460 e. The van der Waals surface area contributed by atoms with Gasteiger partial charge in [-0.3, -0.25) is 9.88 Å². The van der Waals surface area contributed by atoms with E-state index in [-0.39, 0.29) is 0 Å². The Kier molecular flexibility index (Phi) is 4.15. The number of hydrogen-bond acceptors (Lipinski definition) is 3. The van der Waals surface area contributed by atoms with Gasteiger partial charge in [0.1, 0.15) is 0 Å². The molecule has 1 N–H and O–H groups in total. The van der Waals surface area contributed by atoms with Crippen LogP contribution in [0.25, 0.3) is 11.1 Å². The molecule has 0 radical (unpaired) electrons. The van der Waals surface area contributed by atoms with Crippen molar-refractivity contribution in [3.05, 3.63) is 54.4 Å². The van der Waals surface area contributed by atoms with Crippen LogP contribution in [0.2, 0.25) is 0 Å². The van der Waals surface area contributed by atoms with Crippen LogP contribution in [0.15, 0.2) is 48.8 Å². The number of aromatic nitrogens is 1. The number of aliphatic hydroxyl groups is 1. The summed E-state index contributed by atoms with van der Waals surface area (Å²) in [6, 6.07) is 14.3. The van der Waals surface area contributed by atoms with Crippen molar-refractivity contribution in [3.63, 3.8) is 0 Å². The molecule has 0 saturated carbocycles. The molecule has 2 aromatic rings. The molecule has 0 aliphatic carbocycles. The Morgan fingerprint density at radius 3 is 2.35 bits per heavy atom. The molecular formula is C20H24N2O. The van der Waals surface area contributed by atoms with E-state index in [1.807, 2.05) is 18.5 Å². The highest BCUT2D eigenvalue weighted by Crippen LogP contribution is 2.39. The zero-order chi connectivity index (χ0) is 15.6.